The van der Waals surface area contributed by atoms with Gasteiger partial charge in [-0.1, -0.05) is 18.1 Å². The van der Waals surface area contributed by atoms with E-state index in [2.05, 4.69) is 23.4 Å². The van der Waals surface area contributed by atoms with Gasteiger partial charge in [0.05, 0.1) is 13.2 Å². The lowest BCUT2D eigenvalue weighted by atomic mass is 10.1. The Morgan fingerprint density at radius 1 is 1.40 bits per heavy atom. The minimum atomic E-state index is 0.159. The summed E-state index contributed by atoms with van der Waals surface area (Å²) in [6.07, 6.45) is 7.30. The smallest absolute Gasteiger partial charge is 0.118 e. The lowest BCUT2D eigenvalue weighted by Crippen LogP contribution is -2.23. The van der Waals surface area contributed by atoms with Gasteiger partial charge in [0.15, 0.2) is 0 Å². The summed E-state index contributed by atoms with van der Waals surface area (Å²) in [4.78, 5) is 0. The molecule has 1 rings (SSSR count). The van der Waals surface area contributed by atoms with Crippen molar-refractivity contribution in [3.8, 4) is 18.1 Å². The molecule has 1 atom stereocenters. The van der Waals surface area contributed by atoms with E-state index in [4.69, 9.17) is 11.2 Å². The average Bonchev–Trinajstić information content (AvgIpc) is 2.31. The van der Waals surface area contributed by atoms with Crippen LogP contribution < -0.4 is 10.1 Å². The molecule has 1 N–H and O–H groups in total. The van der Waals surface area contributed by atoms with Crippen molar-refractivity contribution < 1.29 is 4.74 Å². The fraction of sp³-hybridized carbons (Fsp3) is 0.385. The molecule has 0 saturated carbocycles. The molecule has 0 aromatic heterocycles. The normalized spacial score (nSPS) is 11.8. The number of ether oxygens (including phenoxy) is 1. The molecule has 0 aliphatic carbocycles. The van der Waals surface area contributed by atoms with Gasteiger partial charge in [-0.25, -0.2) is 0 Å². The lowest BCUT2D eigenvalue weighted by molar-refractivity contribution is 0.414. The molecule has 0 fully saturated rings. The van der Waals surface area contributed by atoms with Crippen molar-refractivity contribution in [3.63, 3.8) is 0 Å². The van der Waals surface area contributed by atoms with E-state index in [-0.39, 0.29) is 6.04 Å². The zero-order valence-electron chi connectivity index (χ0n) is 9.29. The summed E-state index contributed by atoms with van der Waals surface area (Å²) >= 11 is 0. The Morgan fingerprint density at radius 2 is 2.07 bits per heavy atom. The van der Waals surface area contributed by atoms with Gasteiger partial charge in [0.2, 0.25) is 0 Å². The molecule has 80 valence electrons. The van der Waals surface area contributed by atoms with Crippen molar-refractivity contribution >= 4 is 0 Å². The summed E-state index contributed by atoms with van der Waals surface area (Å²) in [6, 6.07) is 8.25. The minimum Gasteiger partial charge on any atom is -0.497 e. The number of terminal acetylenes is 1. The van der Waals surface area contributed by atoms with Crippen LogP contribution in [0.5, 0.6) is 5.75 Å². The fourth-order valence-corrected chi connectivity index (χ4v) is 1.41. The van der Waals surface area contributed by atoms with Gasteiger partial charge in [0.25, 0.3) is 0 Å². The van der Waals surface area contributed by atoms with Gasteiger partial charge in [-0.15, -0.1) is 6.42 Å². The Bertz CT molecular complexity index is 323. The van der Waals surface area contributed by atoms with Gasteiger partial charge in [0, 0.05) is 0 Å². The monoisotopic (exact) mass is 203 g/mol. The molecule has 0 heterocycles. The third-order valence-corrected chi connectivity index (χ3v) is 2.43. The molecule has 0 saturated heterocycles. The fourth-order valence-electron chi connectivity index (χ4n) is 1.41. The van der Waals surface area contributed by atoms with E-state index >= 15 is 0 Å². The second-order valence-corrected chi connectivity index (χ2v) is 3.39. The summed E-state index contributed by atoms with van der Waals surface area (Å²) in [7, 11) is 3.56. The number of methoxy groups -OCH3 is 1. The maximum absolute atomic E-state index is 5.36. The van der Waals surface area contributed by atoms with Crippen LogP contribution in [-0.4, -0.2) is 20.2 Å². The molecule has 0 amide bonds. The first kappa shape index (κ1) is 11.6. The van der Waals surface area contributed by atoms with E-state index in [1.807, 2.05) is 19.2 Å². The highest BCUT2D eigenvalue weighted by Gasteiger charge is 2.01. The molecule has 0 aliphatic heterocycles. The molecule has 1 aromatic carbocycles. The number of hydrogen-bond donors (Lipinski definition) is 1. The Hall–Kier alpha value is -1.46. The maximum Gasteiger partial charge on any atom is 0.118 e. The first-order chi connectivity index (χ1) is 7.30. The van der Waals surface area contributed by atoms with Crippen LogP contribution in [0, 0.1) is 12.3 Å². The summed E-state index contributed by atoms with van der Waals surface area (Å²) in [6.45, 7) is 0. The third kappa shape index (κ3) is 3.65. The van der Waals surface area contributed by atoms with E-state index in [1.165, 1.54) is 5.56 Å². The van der Waals surface area contributed by atoms with E-state index in [9.17, 15) is 0 Å². The van der Waals surface area contributed by atoms with Crippen LogP contribution in [0.1, 0.15) is 12.0 Å². The number of hydrogen-bond acceptors (Lipinski definition) is 2. The quantitative estimate of drug-likeness (QED) is 0.737. The predicted molar refractivity (Wildman–Crippen MR) is 63.0 cm³/mol. The van der Waals surface area contributed by atoms with Gasteiger partial charge < -0.3 is 10.1 Å². The largest absolute Gasteiger partial charge is 0.497 e. The molecule has 2 nitrogen and oxygen atoms in total. The van der Waals surface area contributed by atoms with E-state index < -0.39 is 0 Å². The second kappa shape index (κ2) is 6.10. The van der Waals surface area contributed by atoms with E-state index in [0.29, 0.717) is 0 Å². The molecule has 0 bridgehead atoms. The highest BCUT2D eigenvalue weighted by atomic mass is 16.5. The number of benzene rings is 1. The van der Waals surface area contributed by atoms with Gasteiger partial charge in [-0.3, -0.25) is 0 Å². The predicted octanol–water partition coefficient (Wildman–Crippen LogP) is 1.85. The second-order valence-electron chi connectivity index (χ2n) is 3.39. The summed E-state index contributed by atoms with van der Waals surface area (Å²) in [5, 5.41) is 3.08. The molecule has 15 heavy (non-hydrogen) atoms. The molecular weight excluding hydrogens is 186 g/mol. The molecule has 1 unspecified atom stereocenters. The lowest BCUT2D eigenvalue weighted by Gasteiger charge is -2.09. The Balaban J connectivity index is 2.48. The van der Waals surface area contributed by atoms with E-state index in [1.54, 1.807) is 7.11 Å². The topological polar surface area (TPSA) is 21.3 Å². The van der Waals surface area contributed by atoms with Crippen molar-refractivity contribution in [2.75, 3.05) is 14.2 Å². The molecule has 0 spiro atoms. The van der Waals surface area contributed by atoms with Gasteiger partial charge in [-0.2, -0.15) is 0 Å². The van der Waals surface area contributed by atoms with Crippen molar-refractivity contribution in [1.82, 2.24) is 5.32 Å². The van der Waals surface area contributed by atoms with Crippen LogP contribution in [0.25, 0.3) is 0 Å². The Kier molecular flexibility index (Phi) is 4.73. The minimum absolute atomic E-state index is 0.159. The van der Waals surface area contributed by atoms with Crippen LogP contribution >= 0.6 is 0 Å². The van der Waals surface area contributed by atoms with E-state index in [0.717, 1.165) is 18.6 Å². The van der Waals surface area contributed by atoms with Crippen LogP contribution in [0.2, 0.25) is 0 Å². The first-order valence-electron chi connectivity index (χ1n) is 5.06. The Morgan fingerprint density at radius 3 is 2.53 bits per heavy atom. The highest BCUT2D eigenvalue weighted by Crippen LogP contribution is 2.12. The Labute approximate surface area is 91.6 Å². The molecular formula is C13H17NO. The van der Waals surface area contributed by atoms with Crippen LogP contribution in [0.4, 0.5) is 0 Å². The van der Waals surface area contributed by atoms with Gasteiger partial charge >= 0.3 is 0 Å². The zero-order chi connectivity index (χ0) is 11.1. The van der Waals surface area contributed by atoms with Crippen LogP contribution in [0.3, 0.4) is 0 Å². The van der Waals surface area contributed by atoms with Gasteiger partial charge in [-0.05, 0) is 37.6 Å². The van der Waals surface area contributed by atoms with Crippen molar-refractivity contribution in [3.05, 3.63) is 29.8 Å². The highest BCUT2D eigenvalue weighted by molar-refractivity contribution is 5.27. The average molecular weight is 203 g/mol. The standard InChI is InChI=1S/C13H17NO/c1-4-12(14-2)8-5-11-6-9-13(15-3)10-7-11/h1,6-7,9-10,12,14H,5,8H2,2-3H3. The SMILES string of the molecule is C#CC(CCc1ccc(OC)cc1)NC. The number of rotatable bonds is 5. The van der Waals surface area contributed by atoms with Gasteiger partial charge in [0.1, 0.15) is 5.75 Å². The van der Waals surface area contributed by atoms with Crippen molar-refractivity contribution in [2.45, 2.75) is 18.9 Å². The third-order valence-electron chi connectivity index (χ3n) is 2.43. The zero-order valence-corrected chi connectivity index (χ0v) is 9.29. The van der Waals surface area contributed by atoms with Crippen LogP contribution in [0.15, 0.2) is 24.3 Å². The maximum atomic E-state index is 5.36. The number of aryl methyl sites for hydroxylation is 1. The van der Waals surface area contributed by atoms with Crippen LogP contribution in [-0.2, 0) is 6.42 Å². The number of nitrogens with one attached hydrogen (secondary N) is 1. The van der Waals surface area contributed by atoms with Crippen molar-refractivity contribution in [1.29, 1.82) is 0 Å². The summed E-state index contributed by atoms with van der Waals surface area (Å²) in [5.41, 5.74) is 1.28. The molecule has 0 radical (unpaired) electrons. The first-order valence-corrected chi connectivity index (χ1v) is 5.06. The molecule has 1 aromatic rings. The summed E-state index contributed by atoms with van der Waals surface area (Å²) < 4.78 is 5.09. The van der Waals surface area contributed by atoms with Crippen molar-refractivity contribution in [2.24, 2.45) is 0 Å². The molecule has 2 heteroatoms. The summed E-state index contributed by atoms with van der Waals surface area (Å²) in [5.74, 6) is 3.60. The molecule has 0 aliphatic rings.